The number of carbonyl (C=O) groups is 18. The van der Waals surface area contributed by atoms with Crippen LogP contribution in [0.5, 0.6) is 5.75 Å². The maximum absolute atomic E-state index is 15.8. The number of unbranched alkanes of at least 4 members (excludes halogenated alkanes) is 2. The Hall–Kier alpha value is -14.6. The van der Waals surface area contributed by atoms with Gasteiger partial charge in [-0.25, -0.2) is 9.97 Å². The van der Waals surface area contributed by atoms with Crippen LogP contribution in [-0.4, -0.2) is 305 Å². The summed E-state index contributed by atoms with van der Waals surface area (Å²) in [7, 11) is 3.90. The SMILES string of the molecule is CCCC[C@H]1C(=O)N(C)[C@@H](CCCC)C(=O)N[C@@H](CC(C)C)C(=O)N[C@H](C(=O)NCC(N)=O)CSCC(=O)N[C@@H](Cc2ccc(O)cc2)C(=O)N(C)[C@@H](C)C(=O)N[C@@H](CC(N)=O)C(=O)N2CCCC2C(=O)N[C@@H](CNc2nccc(-c3ccccc3)n2)C(=O)NCC(=O)N2CCCC2C(=O)N[C@@H](Cc2c[nH]c3ccccc23)C(=O)NC(N)C(=O)N[C@@H](Cc2cn(CC(=O)O)c3ccccc23)C(=O)N1C. The third kappa shape index (κ3) is 29.2. The average Bonchev–Trinajstić information content (AvgIpc) is 1.65. The Balaban J connectivity index is 1.01. The molecule has 44 heteroatoms. The summed E-state index contributed by atoms with van der Waals surface area (Å²) in [6.07, 6.45) is 2.79. The van der Waals surface area contributed by atoms with Gasteiger partial charge >= 0.3 is 5.97 Å². The molecule has 3 unspecified atom stereocenters. The largest absolute Gasteiger partial charge is 0.508 e. The number of primary amides is 2. The summed E-state index contributed by atoms with van der Waals surface area (Å²) in [5.74, 6) is -18.5. The van der Waals surface area contributed by atoms with Crippen molar-refractivity contribution in [3.05, 3.63) is 144 Å². The molecule has 0 saturated carbocycles. The number of anilines is 1. The lowest BCUT2D eigenvalue weighted by Crippen LogP contribution is -2.62. The van der Waals surface area contributed by atoms with Crippen LogP contribution >= 0.6 is 11.8 Å². The summed E-state index contributed by atoms with van der Waals surface area (Å²) in [5, 5.41) is 50.6. The number of para-hydroxylation sites is 2. The first-order valence-corrected chi connectivity index (χ1v) is 47.5. The summed E-state index contributed by atoms with van der Waals surface area (Å²) in [6.45, 7) is 5.83. The van der Waals surface area contributed by atoms with Crippen LogP contribution in [0.2, 0.25) is 0 Å². The van der Waals surface area contributed by atoms with Gasteiger partial charge < -0.3 is 120 Å². The van der Waals surface area contributed by atoms with Crippen LogP contribution in [-0.2, 0) is 112 Å². The molecule has 17 amide bonds. The van der Waals surface area contributed by atoms with Gasteiger partial charge in [0.15, 0.2) is 6.17 Å². The number of carboxylic acid groups (broad SMARTS) is 1. The van der Waals surface area contributed by atoms with Crippen molar-refractivity contribution >= 4 is 146 Å². The van der Waals surface area contributed by atoms with Gasteiger partial charge in [0.2, 0.25) is 100 Å². The summed E-state index contributed by atoms with van der Waals surface area (Å²) in [4.78, 5) is 279. The summed E-state index contributed by atoms with van der Waals surface area (Å²) in [6, 6.07) is 11.8. The highest BCUT2D eigenvalue weighted by Gasteiger charge is 2.45. The van der Waals surface area contributed by atoms with Crippen LogP contribution in [0.1, 0.15) is 128 Å². The van der Waals surface area contributed by atoms with Crippen molar-refractivity contribution in [2.24, 2.45) is 23.1 Å². The molecule has 3 aliphatic heterocycles. The summed E-state index contributed by atoms with van der Waals surface area (Å²) >= 11 is 0.785. The predicted octanol–water partition coefficient (Wildman–Crippen LogP) is -0.446. The number of carbonyl (C=O) groups excluding carboxylic acids is 17. The van der Waals surface area contributed by atoms with Crippen molar-refractivity contribution in [1.82, 2.24) is 97.2 Å². The van der Waals surface area contributed by atoms with Crippen LogP contribution < -0.4 is 75.7 Å². The minimum atomic E-state index is -2.03. The van der Waals surface area contributed by atoms with Crippen molar-refractivity contribution in [3.63, 3.8) is 0 Å². The lowest BCUT2D eigenvalue weighted by Gasteiger charge is -2.36. The molecule has 0 spiro atoms. The van der Waals surface area contributed by atoms with E-state index >= 15 is 28.8 Å². The van der Waals surface area contributed by atoms with E-state index in [-0.39, 0.29) is 94.9 Å². The van der Waals surface area contributed by atoms with Crippen molar-refractivity contribution in [3.8, 4) is 17.0 Å². The van der Waals surface area contributed by atoms with E-state index in [1.165, 1.54) is 74.2 Å². The third-order valence-electron chi connectivity index (χ3n) is 24.6. The predicted molar refractivity (Wildman–Crippen MR) is 512 cm³/mol. The van der Waals surface area contributed by atoms with E-state index in [0.29, 0.717) is 75.4 Å². The van der Waals surface area contributed by atoms with Crippen LogP contribution in [0.15, 0.2) is 128 Å². The molecular formula is C95H125N23O20S. The summed E-state index contributed by atoms with van der Waals surface area (Å²) < 4.78 is 1.43. The van der Waals surface area contributed by atoms with E-state index in [4.69, 9.17) is 17.2 Å². The van der Waals surface area contributed by atoms with Crippen molar-refractivity contribution in [2.75, 3.05) is 70.7 Å². The standard InChI is InChI=1S/C95H125N23O20S/c1-9-11-27-72-87(131)105-64(40-53(3)4)85(129)110-70(84(128)101-47-77(97)121)51-139-52-78(122)104-66(41-55-32-34-59(119)35-33-55)91(135)113(6)54(5)82(126)107-68(44-76(96)120)93(137)118-39-21-31-74(118)89(133)109-69(46-103-95-99-37-36-62(111-95)56-22-14-13-15-23-56)83(127)102-48-79(123)117-38-20-30-73(117)88(132)106-65(42-57-45-100-63-26-18-16-24-60(57)63)86(130)112-81(98)90(134)108-67(92(136)115(8)75(28-12-10-2)94(138)114(72)7)43-58-49-116(50-80(124)125)71-29-19-17-25-61(58)71/h13-19,22-26,29,32-37,45,49,53-54,64-70,72-75,81,100,119H,9-12,20-21,27-28,30-31,38-44,46-48,50-52,98H2,1-8H3,(H2,96,120)(H2,97,121)(H,101,128)(H,102,127)(H,104,122)(H,105,131)(H,106,132)(H,107,126)(H,108,134)(H,109,133)(H,110,129)(H,112,130)(H,124,125)(H,99,103,111)/t54-,64-,65-,66-,67-,68-,69-,70-,72-,73?,74?,75-,81?/m0/s1. The molecule has 0 aliphatic carbocycles. The molecule has 746 valence electrons. The molecule has 4 aromatic carbocycles. The highest BCUT2D eigenvalue weighted by molar-refractivity contribution is 8.00. The molecule has 3 aromatic heterocycles. The zero-order valence-electron chi connectivity index (χ0n) is 78.9. The Bertz CT molecular complexity index is 5620. The molecule has 139 heavy (non-hydrogen) atoms. The second-order valence-electron chi connectivity index (χ2n) is 35.3. The normalized spacial score (nSPS) is 23.3. The quantitative estimate of drug-likeness (QED) is 0.0345. The number of aromatic amines is 1. The van der Waals surface area contributed by atoms with Gasteiger partial charge in [0.25, 0.3) is 5.91 Å². The Morgan fingerprint density at radius 3 is 1.83 bits per heavy atom. The fraction of sp³-hybridized carbons (Fsp3) is 0.474. The fourth-order valence-electron chi connectivity index (χ4n) is 17.0. The zero-order valence-corrected chi connectivity index (χ0v) is 79.7. The van der Waals surface area contributed by atoms with Gasteiger partial charge in [0.05, 0.1) is 31.0 Å². The van der Waals surface area contributed by atoms with E-state index in [2.05, 4.69) is 73.4 Å². The number of aromatic nitrogens is 4. The molecule has 43 nitrogen and oxygen atoms in total. The van der Waals surface area contributed by atoms with Gasteiger partial charge in [-0.15, -0.1) is 11.8 Å². The molecule has 20 N–H and O–H groups in total. The van der Waals surface area contributed by atoms with E-state index in [0.717, 1.165) is 31.4 Å². The van der Waals surface area contributed by atoms with Gasteiger partial charge in [-0.3, -0.25) is 86.3 Å². The van der Waals surface area contributed by atoms with Gasteiger partial charge in [-0.05, 0) is 105 Å². The number of hydrogen-bond donors (Lipinski definition) is 17. The van der Waals surface area contributed by atoms with E-state index in [1.807, 2.05) is 19.9 Å². The number of benzene rings is 4. The van der Waals surface area contributed by atoms with Gasteiger partial charge in [-0.1, -0.05) is 132 Å². The number of nitrogens with one attached hydrogen (secondary N) is 12. The number of hydrogen-bond acceptors (Lipinski definition) is 24. The van der Waals surface area contributed by atoms with E-state index in [9.17, 15) is 67.7 Å². The first-order chi connectivity index (χ1) is 66.3. The molecular weight excluding hydrogens is 1820 g/mol. The lowest BCUT2D eigenvalue weighted by atomic mass is 9.99. The number of rotatable bonds is 25. The Morgan fingerprint density at radius 1 is 0.576 bits per heavy atom. The Labute approximate surface area is 807 Å². The van der Waals surface area contributed by atoms with Gasteiger partial charge in [0, 0.05) is 112 Å². The van der Waals surface area contributed by atoms with Gasteiger partial charge in [-0.2, -0.15) is 0 Å². The first-order valence-electron chi connectivity index (χ1n) is 46.3. The Morgan fingerprint density at radius 2 is 1.17 bits per heavy atom. The number of thioether (sulfide) groups is 1. The lowest BCUT2D eigenvalue weighted by molar-refractivity contribution is -0.149. The number of likely N-dealkylation sites (N-methyl/N-ethyl adjacent to an activating group) is 3. The second kappa shape index (κ2) is 50.5. The zero-order chi connectivity index (χ0) is 101. The molecule has 6 heterocycles. The van der Waals surface area contributed by atoms with Crippen LogP contribution in [0, 0.1) is 5.92 Å². The minimum Gasteiger partial charge on any atom is -0.508 e. The van der Waals surface area contributed by atoms with E-state index in [1.54, 1.807) is 98.9 Å². The van der Waals surface area contributed by atoms with Crippen molar-refractivity contribution in [2.45, 2.75) is 216 Å². The van der Waals surface area contributed by atoms with Crippen LogP contribution in [0.4, 0.5) is 5.95 Å². The number of phenolic OH excluding ortho intramolecular Hbond substituents is 1. The number of nitrogens with zero attached hydrogens (tertiary/aromatic N) is 8. The molecule has 7 aromatic rings. The molecule has 3 aliphatic rings. The average molecular weight is 1940 g/mol. The monoisotopic (exact) mass is 1940 g/mol. The second-order valence-corrected chi connectivity index (χ2v) is 36.3. The van der Waals surface area contributed by atoms with Gasteiger partial charge in [0.1, 0.15) is 84.8 Å². The number of H-pyrrole nitrogens is 1. The van der Waals surface area contributed by atoms with Crippen molar-refractivity contribution < 1.29 is 96.5 Å². The van der Waals surface area contributed by atoms with Crippen LogP contribution in [0.25, 0.3) is 33.1 Å². The molecule has 0 bridgehead atoms. The number of phenols is 1. The maximum Gasteiger partial charge on any atom is 0.323 e. The molecule has 3 saturated heterocycles. The number of amides is 17. The maximum atomic E-state index is 15.8. The molecule has 0 radical (unpaired) electrons. The number of fused-ring (bicyclic) bond motifs is 4. The molecule has 13 atom stereocenters. The summed E-state index contributed by atoms with van der Waals surface area (Å²) in [5.41, 5.74) is 21.4. The number of carboxylic acids is 1. The number of nitrogens with two attached hydrogens (primary N) is 3. The molecule has 10 rings (SSSR count). The fourth-order valence-corrected chi connectivity index (χ4v) is 17.9. The molecule has 3 fully saturated rings. The smallest absolute Gasteiger partial charge is 0.323 e. The topological polar surface area (TPSA) is 621 Å². The highest BCUT2D eigenvalue weighted by atomic mass is 32.2. The number of aromatic hydroxyl groups is 1. The first kappa shape index (κ1) is 106. The number of aliphatic carboxylic acids is 1. The third-order valence-corrected chi connectivity index (χ3v) is 25.7. The Kier molecular flexibility index (Phi) is 38.7. The van der Waals surface area contributed by atoms with E-state index < -0.39 is 229 Å². The highest BCUT2D eigenvalue weighted by Crippen LogP contribution is 2.29. The van der Waals surface area contributed by atoms with Crippen molar-refractivity contribution in [1.29, 1.82) is 0 Å². The minimum absolute atomic E-state index is 0.00356. The van der Waals surface area contributed by atoms with Crippen LogP contribution in [0.3, 0.4) is 0 Å².